The maximum absolute atomic E-state index is 13.9. The van der Waals surface area contributed by atoms with Crippen LogP contribution in [0.4, 0.5) is 10.1 Å². The van der Waals surface area contributed by atoms with Crippen molar-refractivity contribution in [1.82, 2.24) is 10.0 Å². The van der Waals surface area contributed by atoms with Gasteiger partial charge in [0.1, 0.15) is 4.90 Å². The molecule has 0 heterocycles. The highest BCUT2D eigenvalue weighted by Crippen LogP contribution is 2.34. The fraction of sp³-hybridized carbons (Fsp3) is 0.300. The van der Waals surface area contributed by atoms with Crippen LogP contribution < -0.4 is 15.8 Å². The van der Waals surface area contributed by atoms with Gasteiger partial charge in [0, 0.05) is 7.05 Å². The van der Waals surface area contributed by atoms with Crippen LogP contribution in [0, 0.1) is 5.82 Å². The summed E-state index contributed by atoms with van der Waals surface area (Å²) in [6, 6.07) is -0.163. The van der Waals surface area contributed by atoms with Crippen molar-refractivity contribution < 1.29 is 17.6 Å². The van der Waals surface area contributed by atoms with Crippen molar-refractivity contribution in [2.45, 2.75) is 17.9 Å². The lowest BCUT2D eigenvalue weighted by atomic mass is 10.3. The molecule has 0 saturated heterocycles. The van der Waals surface area contributed by atoms with Gasteiger partial charge in [-0.3, -0.25) is 4.79 Å². The Kier molecular flexibility index (Phi) is 5.36. The van der Waals surface area contributed by atoms with Gasteiger partial charge in [-0.25, -0.2) is 12.8 Å². The number of halogens is 3. The SMILES string of the molecule is CNC(=O)C(C)NS(=O)(=O)c1cc(Cl)c(Br)c(N)c1F. The highest BCUT2D eigenvalue weighted by atomic mass is 79.9. The average Bonchev–Trinajstić information content (AvgIpc) is 2.38. The van der Waals surface area contributed by atoms with Gasteiger partial charge < -0.3 is 11.1 Å². The summed E-state index contributed by atoms with van der Waals surface area (Å²) in [6.45, 7) is 1.32. The van der Waals surface area contributed by atoms with E-state index in [0.717, 1.165) is 6.07 Å². The first-order valence-corrected chi connectivity index (χ1v) is 7.94. The molecule has 6 nitrogen and oxygen atoms in total. The minimum atomic E-state index is -4.28. The number of likely N-dealkylation sites (N-methyl/N-ethyl adjacent to an activating group) is 1. The van der Waals surface area contributed by atoms with Crippen LogP contribution in [0.5, 0.6) is 0 Å². The summed E-state index contributed by atoms with van der Waals surface area (Å²) in [4.78, 5) is 10.6. The van der Waals surface area contributed by atoms with Crippen molar-refractivity contribution >= 4 is 49.1 Å². The standard InChI is InChI=1S/C10H12BrClFN3O3S/c1-4(10(17)15-2)16-20(18,19)6-3-5(12)7(11)9(14)8(6)13/h3-4,16H,14H2,1-2H3,(H,15,17). The smallest absolute Gasteiger partial charge is 0.244 e. The zero-order valence-electron chi connectivity index (χ0n) is 10.5. The van der Waals surface area contributed by atoms with E-state index >= 15 is 0 Å². The summed E-state index contributed by atoms with van der Waals surface area (Å²) >= 11 is 8.70. The molecule has 0 fully saturated rings. The van der Waals surface area contributed by atoms with E-state index in [9.17, 15) is 17.6 Å². The molecule has 1 aromatic rings. The Bertz CT molecular complexity index is 654. The van der Waals surface area contributed by atoms with Crippen LogP contribution in [0.2, 0.25) is 5.02 Å². The van der Waals surface area contributed by atoms with Crippen molar-refractivity contribution in [3.05, 3.63) is 21.4 Å². The number of carbonyl (C=O) groups is 1. The number of benzene rings is 1. The summed E-state index contributed by atoms with van der Waals surface area (Å²) in [7, 11) is -2.93. The van der Waals surface area contributed by atoms with Crippen molar-refractivity contribution in [3.63, 3.8) is 0 Å². The first-order chi connectivity index (χ1) is 9.11. The molecule has 4 N–H and O–H groups in total. The molecule has 0 aliphatic heterocycles. The third-order valence-corrected chi connectivity index (χ3v) is 5.34. The lowest BCUT2D eigenvalue weighted by Crippen LogP contribution is -2.43. The van der Waals surface area contributed by atoms with Crippen LogP contribution >= 0.6 is 27.5 Å². The summed E-state index contributed by atoms with van der Waals surface area (Å²) in [6.07, 6.45) is 0. The van der Waals surface area contributed by atoms with Gasteiger partial charge in [-0.1, -0.05) is 11.6 Å². The minimum Gasteiger partial charge on any atom is -0.395 e. The fourth-order valence-electron chi connectivity index (χ4n) is 1.36. The number of amides is 1. The number of anilines is 1. The summed E-state index contributed by atoms with van der Waals surface area (Å²) < 4.78 is 40.1. The predicted octanol–water partition coefficient (Wildman–Crippen LogP) is 1.24. The molecule has 0 spiro atoms. The molecule has 20 heavy (non-hydrogen) atoms. The largest absolute Gasteiger partial charge is 0.395 e. The van der Waals surface area contributed by atoms with Crippen molar-refractivity contribution in [1.29, 1.82) is 0 Å². The van der Waals surface area contributed by atoms with Crippen LogP contribution in [0.25, 0.3) is 0 Å². The zero-order chi connectivity index (χ0) is 15.7. The van der Waals surface area contributed by atoms with Crippen molar-refractivity contribution in [2.24, 2.45) is 0 Å². The molecule has 0 aliphatic carbocycles. The number of nitrogen functional groups attached to an aromatic ring is 1. The van der Waals surface area contributed by atoms with E-state index in [-0.39, 0.29) is 9.50 Å². The summed E-state index contributed by atoms with van der Waals surface area (Å²) in [5.74, 6) is -1.71. The van der Waals surface area contributed by atoms with Gasteiger partial charge in [-0.2, -0.15) is 4.72 Å². The van der Waals surface area contributed by atoms with E-state index < -0.39 is 38.4 Å². The zero-order valence-corrected chi connectivity index (χ0v) is 13.7. The van der Waals surface area contributed by atoms with E-state index in [2.05, 4.69) is 21.2 Å². The number of nitrogens with one attached hydrogen (secondary N) is 2. The Hall–Kier alpha value is -0.900. The highest BCUT2D eigenvalue weighted by Gasteiger charge is 2.27. The molecular weight excluding hydrogens is 377 g/mol. The number of sulfonamides is 1. The Morgan fingerprint density at radius 2 is 2.10 bits per heavy atom. The third kappa shape index (κ3) is 3.40. The molecule has 1 unspecified atom stereocenters. The fourth-order valence-corrected chi connectivity index (χ4v) is 3.24. The summed E-state index contributed by atoms with van der Waals surface area (Å²) in [5.41, 5.74) is 4.99. The monoisotopic (exact) mass is 387 g/mol. The van der Waals surface area contributed by atoms with Gasteiger partial charge in [0.05, 0.1) is 21.2 Å². The molecular formula is C10H12BrClFN3O3S. The maximum Gasteiger partial charge on any atom is 0.244 e. The van der Waals surface area contributed by atoms with Gasteiger partial charge >= 0.3 is 0 Å². The third-order valence-electron chi connectivity index (χ3n) is 2.42. The van der Waals surface area contributed by atoms with Crippen molar-refractivity contribution in [2.75, 3.05) is 12.8 Å². The van der Waals surface area contributed by atoms with Crippen LogP contribution in [-0.2, 0) is 14.8 Å². The van der Waals surface area contributed by atoms with Gasteiger partial charge in [-0.05, 0) is 28.9 Å². The molecule has 1 rings (SSSR count). The van der Waals surface area contributed by atoms with Gasteiger partial charge in [0.15, 0.2) is 5.82 Å². The minimum absolute atomic E-state index is 0.0585. The lowest BCUT2D eigenvalue weighted by molar-refractivity contribution is -0.121. The maximum atomic E-state index is 13.9. The predicted molar refractivity (Wildman–Crippen MR) is 77.4 cm³/mol. The highest BCUT2D eigenvalue weighted by molar-refractivity contribution is 9.10. The van der Waals surface area contributed by atoms with Gasteiger partial charge in [-0.15, -0.1) is 0 Å². The molecule has 0 radical (unpaired) electrons. The quantitative estimate of drug-likeness (QED) is 0.533. The first-order valence-electron chi connectivity index (χ1n) is 5.28. The van der Waals surface area contributed by atoms with Gasteiger partial charge in [0.25, 0.3) is 0 Å². The second kappa shape index (κ2) is 6.25. The van der Waals surface area contributed by atoms with E-state index in [0.29, 0.717) is 0 Å². The Morgan fingerprint density at radius 3 is 2.60 bits per heavy atom. The second-order valence-electron chi connectivity index (χ2n) is 3.86. The first kappa shape index (κ1) is 17.2. The van der Waals surface area contributed by atoms with Gasteiger partial charge in [0.2, 0.25) is 15.9 Å². The van der Waals surface area contributed by atoms with E-state index in [1.54, 1.807) is 0 Å². The molecule has 1 aromatic carbocycles. The molecule has 0 saturated carbocycles. The molecule has 10 heteroatoms. The molecule has 1 amide bonds. The number of hydrogen-bond acceptors (Lipinski definition) is 4. The Balaban J connectivity index is 3.27. The number of hydrogen-bond donors (Lipinski definition) is 3. The molecule has 1 atom stereocenters. The number of nitrogens with two attached hydrogens (primary N) is 1. The normalized spacial score (nSPS) is 13.1. The Morgan fingerprint density at radius 1 is 1.55 bits per heavy atom. The summed E-state index contributed by atoms with van der Waals surface area (Å²) in [5, 5.41) is 2.21. The lowest BCUT2D eigenvalue weighted by Gasteiger charge is -2.14. The van der Waals surface area contributed by atoms with Crippen LogP contribution in [0.1, 0.15) is 6.92 Å². The number of carbonyl (C=O) groups excluding carboxylic acids is 1. The van der Waals surface area contributed by atoms with E-state index in [4.69, 9.17) is 17.3 Å². The Labute approximate surface area is 129 Å². The molecule has 0 bridgehead atoms. The van der Waals surface area contributed by atoms with Crippen LogP contribution in [-0.4, -0.2) is 27.4 Å². The topological polar surface area (TPSA) is 101 Å². The van der Waals surface area contributed by atoms with Crippen molar-refractivity contribution in [3.8, 4) is 0 Å². The number of rotatable bonds is 4. The van der Waals surface area contributed by atoms with E-state index in [1.807, 2.05) is 4.72 Å². The average molecular weight is 389 g/mol. The molecule has 0 aromatic heterocycles. The molecule has 112 valence electrons. The second-order valence-corrected chi connectivity index (χ2v) is 6.74. The molecule has 0 aliphatic rings. The van der Waals surface area contributed by atoms with Crippen LogP contribution in [0.15, 0.2) is 15.4 Å². The van der Waals surface area contributed by atoms with E-state index in [1.165, 1.54) is 14.0 Å². The van der Waals surface area contributed by atoms with Crippen LogP contribution in [0.3, 0.4) is 0 Å².